The first-order valence-corrected chi connectivity index (χ1v) is 10.9. The van der Waals surface area contributed by atoms with Crippen molar-refractivity contribution in [3.05, 3.63) is 101 Å². The minimum absolute atomic E-state index is 0.295. The number of aryl methyl sites for hydroxylation is 1. The largest absolute Gasteiger partial charge is 0.460 e. The number of aromatic nitrogens is 3. The fourth-order valence-electron chi connectivity index (χ4n) is 3.61. The number of hydrogen-bond donors (Lipinski definition) is 0. The molecule has 1 unspecified atom stereocenters. The molecule has 1 aliphatic heterocycles. The zero-order valence-electron chi connectivity index (χ0n) is 16.9. The van der Waals surface area contributed by atoms with Crippen molar-refractivity contribution in [3.63, 3.8) is 0 Å². The van der Waals surface area contributed by atoms with Gasteiger partial charge in [0.1, 0.15) is 17.4 Å². The third-order valence-electron chi connectivity index (χ3n) is 5.06. The molecule has 1 aliphatic rings. The van der Waals surface area contributed by atoms with Crippen molar-refractivity contribution in [2.75, 3.05) is 0 Å². The normalized spacial score (nSPS) is 15.4. The molecule has 156 valence electrons. The van der Waals surface area contributed by atoms with Crippen LogP contribution in [-0.2, 0) is 17.1 Å². The molecule has 0 N–H and O–H groups in total. The van der Waals surface area contributed by atoms with E-state index in [0.29, 0.717) is 23.7 Å². The fraction of sp³-hybridized carbons (Fsp3) is 0.167. The van der Waals surface area contributed by atoms with Gasteiger partial charge in [0, 0.05) is 28.1 Å². The summed E-state index contributed by atoms with van der Waals surface area (Å²) in [6.45, 7) is 2.21. The first kappa shape index (κ1) is 19.8. The number of fused-ring (bicyclic) bond motifs is 1. The van der Waals surface area contributed by atoms with Crippen molar-refractivity contribution in [2.24, 2.45) is 0 Å². The maximum absolute atomic E-state index is 14.3. The van der Waals surface area contributed by atoms with E-state index in [0.717, 1.165) is 27.8 Å². The topological polar surface area (TPSA) is 49.2 Å². The minimum Gasteiger partial charge on any atom is -0.460 e. The molecule has 31 heavy (non-hydrogen) atoms. The molecule has 3 aromatic carbocycles. The summed E-state index contributed by atoms with van der Waals surface area (Å²) in [4.78, 5) is 0. The van der Waals surface area contributed by atoms with E-state index in [9.17, 15) is 4.39 Å². The molecule has 0 radical (unpaired) electrons. The minimum atomic E-state index is -0.516. The second kappa shape index (κ2) is 8.53. The Morgan fingerprint density at radius 1 is 1.03 bits per heavy atom. The number of hydrogen-bond acceptors (Lipinski definition) is 5. The van der Waals surface area contributed by atoms with Gasteiger partial charge in [-0.15, -0.1) is 10.2 Å². The molecule has 4 aromatic rings. The zero-order valence-corrected chi connectivity index (χ0v) is 17.7. The molecular formula is C24H20FN3O2S. The maximum atomic E-state index is 14.3. The third-order valence-corrected chi connectivity index (χ3v) is 6.04. The number of nitrogens with zero attached hydrogens (tertiary/aromatic N) is 3. The Morgan fingerprint density at radius 2 is 1.77 bits per heavy atom. The van der Waals surface area contributed by atoms with Gasteiger partial charge in [-0.05, 0) is 31.2 Å². The Balaban J connectivity index is 1.42. The third kappa shape index (κ3) is 4.06. The molecule has 1 aromatic heterocycles. The second-order valence-corrected chi connectivity index (χ2v) is 8.16. The summed E-state index contributed by atoms with van der Waals surface area (Å²) in [7, 11) is 0. The quantitative estimate of drug-likeness (QED) is 0.383. The molecule has 0 spiro atoms. The molecule has 2 heterocycles. The lowest BCUT2D eigenvalue weighted by Crippen LogP contribution is -2.19. The van der Waals surface area contributed by atoms with E-state index in [4.69, 9.17) is 9.47 Å². The lowest BCUT2D eigenvalue weighted by Gasteiger charge is -2.28. The Hall–Kier alpha value is -3.16. The Bertz CT molecular complexity index is 1200. The summed E-state index contributed by atoms with van der Waals surface area (Å²) >= 11 is 1.50. The van der Waals surface area contributed by atoms with Gasteiger partial charge in [0.25, 0.3) is 0 Å². The lowest BCUT2D eigenvalue weighted by atomic mass is 10.1. The van der Waals surface area contributed by atoms with E-state index in [1.165, 1.54) is 23.9 Å². The number of benzene rings is 3. The summed E-state index contributed by atoms with van der Waals surface area (Å²) in [5.74, 6) is 1.66. The second-order valence-electron chi connectivity index (χ2n) is 7.21. The van der Waals surface area contributed by atoms with Gasteiger partial charge in [-0.1, -0.05) is 60.3 Å². The van der Waals surface area contributed by atoms with Crippen LogP contribution in [0.2, 0.25) is 0 Å². The van der Waals surface area contributed by atoms with Gasteiger partial charge < -0.3 is 9.47 Å². The molecule has 0 fully saturated rings. The zero-order chi connectivity index (χ0) is 21.2. The number of thioether (sulfide) groups is 1. The van der Waals surface area contributed by atoms with Gasteiger partial charge in [-0.25, -0.2) is 4.39 Å². The molecule has 5 rings (SSSR count). The van der Waals surface area contributed by atoms with E-state index in [-0.39, 0.29) is 5.82 Å². The highest BCUT2D eigenvalue weighted by atomic mass is 32.2. The van der Waals surface area contributed by atoms with Gasteiger partial charge >= 0.3 is 0 Å². The van der Waals surface area contributed by atoms with Gasteiger partial charge in [-0.3, -0.25) is 4.57 Å². The van der Waals surface area contributed by atoms with Crippen LogP contribution in [0.25, 0.3) is 5.69 Å². The Morgan fingerprint density at radius 3 is 2.55 bits per heavy atom. The molecule has 0 saturated heterocycles. The highest BCUT2D eigenvalue weighted by Crippen LogP contribution is 2.39. The molecule has 7 heteroatoms. The van der Waals surface area contributed by atoms with Crippen molar-refractivity contribution in [1.82, 2.24) is 14.8 Å². The van der Waals surface area contributed by atoms with E-state index in [2.05, 4.69) is 10.2 Å². The van der Waals surface area contributed by atoms with Crippen molar-refractivity contribution >= 4 is 11.8 Å². The van der Waals surface area contributed by atoms with Crippen molar-refractivity contribution in [2.45, 2.75) is 30.7 Å². The maximum Gasteiger partial charge on any atom is 0.227 e. The molecule has 0 saturated carbocycles. The van der Waals surface area contributed by atoms with Crippen LogP contribution >= 0.6 is 11.8 Å². The molecule has 0 aliphatic carbocycles. The SMILES string of the molecule is Cc1nnc(SCc2cc(F)cc3c2OC(c2ccccc2)OC3)n1-c1ccccc1. The van der Waals surface area contributed by atoms with Crippen LogP contribution in [0.5, 0.6) is 5.75 Å². The average Bonchev–Trinajstić information content (AvgIpc) is 3.18. The van der Waals surface area contributed by atoms with Crippen LogP contribution in [0.1, 0.15) is 28.8 Å². The molecular weight excluding hydrogens is 413 g/mol. The fourth-order valence-corrected chi connectivity index (χ4v) is 4.58. The van der Waals surface area contributed by atoms with Crippen molar-refractivity contribution in [1.29, 1.82) is 0 Å². The molecule has 0 bridgehead atoms. The highest BCUT2D eigenvalue weighted by molar-refractivity contribution is 7.98. The smallest absolute Gasteiger partial charge is 0.227 e. The van der Waals surface area contributed by atoms with E-state index in [1.807, 2.05) is 72.2 Å². The lowest BCUT2D eigenvalue weighted by molar-refractivity contribution is -0.112. The first-order valence-electron chi connectivity index (χ1n) is 9.94. The standard InChI is InChI=1S/C24H20FN3O2S/c1-16-26-27-24(28(16)21-10-6-3-7-11-21)31-15-19-13-20(25)12-18-14-29-23(30-22(18)19)17-8-4-2-5-9-17/h2-13,23H,14-15H2,1H3. The van der Waals surface area contributed by atoms with Crippen LogP contribution in [0.4, 0.5) is 4.39 Å². The Labute approximate surface area is 183 Å². The molecule has 0 amide bonds. The van der Waals surface area contributed by atoms with Gasteiger partial charge in [0.2, 0.25) is 6.29 Å². The highest BCUT2D eigenvalue weighted by Gasteiger charge is 2.25. The molecule has 1 atom stereocenters. The van der Waals surface area contributed by atoms with Crippen LogP contribution in [0, 0.1) is 12.7 Å². The van der Waals surface area contributed by atoms with E-state index in [1.54, 1.807) is 0 Å². The van der Waals surface area contributed by atoms with Crippen LogP contribution in [0.3, 0.4) is 0 Å². The predicted molar refractivity (Wildman–Crippen MR) is 117 cm³/mol. The predicted octanol–water partition coefficient (Wildman–Crippen LogP) is 5.61. The summed E-state index contributed by atoms with van der Waals surface area (Å²) in [6.07, 6.45) is -0.516. The number of rotatable bonds is 5. The number of ether oxygens (including phenoxy) is 2. The van der Waals surface area contributed by atoms with Crippen LogP contribution < -0.4 is 4.74 Å². The number of halogens is 1. The average molecular weight is 434 g/mol. The van der Waals surface area contributed by atoms with Gasteiger partial charge in [0.05, 0.1) is 6.61 Å². The van der Waals surface area contributed by atoms with E-state index >= 15 is 0 Å². The van der Waals surface area contributed by atoms with Crippen LogP contribution in [-0.4, -0.2) is 14.8 Å². The summed E-state index contributed by atoms with van der Waals surface area (Å²) in [6, 6.07) is 22.7. The summed E-state index contributed by atoms with van der Waals surface area (Å²) in [5, 5.41) is 9.29. The van der Waals surface area contributed by atoms with Crippen molar-refractivity contribution < 1.29 is 13.9 Å². The monoisotopic (exact) mass is 433 g/mol. The first-order chi connectivity index (χ1) is 15.2. The van der Waals surface area contributed by atoms with E-state index < -0.39 is 6.29 Å². The van der Waals surface area contributed by atoms with Crippen molar-refractivity contribution in [3.8, 4) is 11.4 Å². The summed E-state index contributed by atoms with van der Waals surface area (Å²) in [5.41, 5.74) is 3.39. The van der Waals surface area contributed by atoms with Gasteiger partial charge in [-0.2, -0.15) is 0 Å². The Kier molecular flexibility index (Phi) is 5.44. The number of para-hydroxylation sites is 1. The van der Waals surface area contributed by atoms with Gasteiger partial charge in [0.15, 0.2) is 5.16 Å². The molecule has 5 nitrogen and oxygen atoms in total. The van der Waals surface area contributed by atoms with Crippen LogP contribution in [0.15, 0.2) is 78.0 Å². The summed E-state index contributed by atoms with van der Waals surface area (Å²) < 4.78 is 28.3.